The van der Waals surface area contributed by atoms with Crippen LogP contribution in [-0.2, 0) is 0 Å². The number of fused-ring (bicyclic) bond motifs is 1. The average molecular weight is 688 g/mol. The molecule has 10 nitrogen and oxygen atoms in total. The van der Waals surface area contributed by atoms with Gasteiger partial charge in [0.1, 0.15) is 17.6 Å². The quantitative estimate of drug-likeness (QED) is 0.148. The van der Waals surface area contributed by atoms with Crippen molar-refractivity contribution >= 4 is 57.1 Å². The van der Waals surface area contributed by atoms with Gasteiger partial charge in [0.2, 0.25) is 0 Å². The van der Waals surface area contributed by atoms with Crippen molar-refractivity contribution in [3.63, 3.8) is 0 Å². The summed E-state index contributed by atoms with van der Waals surface area (Å²) in [5, 5.41) is 36.2. The molecule has 0 bridgehead atoms. The number of aromatic nitrogens is 4. The van der Waals surface area contributed by atoms with E-state index in [9.17, 15) is 19.6 Å². The number of hydrogen-bond donors (Lipinski definition) is 3. The van der Waals surface area contributed by atoms with E-state index >= 15 is 0 Å². The second-order valence-corrected chi connectivity index (χ2v) is 13.6. The third-order valence-corrected chi connectivity index (χ3v) is 9.20. The highest BCUT2D eigenvalue weighted by atomic mass is 35.5. The molecule has 0 amide bonds. The maximum absolute atomic E-state index is 13.9. The number of rotatable bonds is 8. The van der Waals surface area contributed by atoms with Gasteiger partial charge in [-0.2, -0.15) is 5.26 Å². The minimum atomic E-state index is -1.05. The van der Waals surface area contributed by atoms with Crippen molar-refractivity contribution in [1.29, 1.82) is 5.26 Å². The molecule has 1 saturated heterocycles. The first-order valence-electron chi connectivity index (χ1n) is 15.4. The van der Waals surface area contributed by atoms with Gasteiger partial charge in [0.05, 0.1) is 50.7 Å². The van der Waals surface area contributed by atoms with Gasteiger partial charge in [0.25, 0.3) is 0 Å². The molecule has 2 aromatic heterocycles. The smallest absolute Gasteiger partial charge is 0.335 e. The number of carboxylic acids is 1. The summed E-state index contributed by atoms with van der Waals surface area (Å²) in [5.41, 5.74) is 3.58. The van der Waals surface area contributed by atoms with Gasteiger partial charge in [-0.1, -0.05) is 40.5 Å². The second kappa shape index (κ2) is 13.4. The summed E-state index contributed by atoms with van der Waals surface area (Å²) in [5.74, 6) is -1.62. The number of likely N-dealkylation sites (tertiary alicyclic amines) is 1. The van der Waals surface area contributed by atoms with Gasteiger partial charge in [0, 0.05) is 41.6 Å². The van der Waals surface area contributed by atoms with Crippen LogP contribution >= 0.6 is 23.2 Å². The van der Waals surface area contributed by atoms with Crippen LogP contribution in [0.4, 0.5) is 21.5 Å². The molecule has 3 N–H and O–H groups in total. The molecule has 1 aliphatic heterocycles. The molecule has 0 radical (unpaired) electrons. The molecule has 3 aromatic carbocycles. The molecule has 5 aromatic rings. The molecule has 1 fully saturated rings. The minimum absolute atomic E-state index is 0.0727. The van der Waals surface area contributed by atoms with E-state index in [1.54, 1.807) is 24.3 Å². The second-order valence-electron chi connectivity index (χ2n) is 12.8. The summed E-state index contributed by atoms with van der Waals surface area (Å²) < 4.78 is 15.8. The lowest BCUT2D eigenvalue weighted by molar-refractivity contribution is 0.0696. The van der Waals surface area contributed by atoms with Gasteiger partial charge in [-0.15, -0.1) is 5.10 Å². The van der Waals surface area contributed by atoms with E-state index < -0.39 is 17.8 Å². The molecular weight excluding hydrogens is 654 g/mol. The average Bonchev–Trinajstić information content (AvgIpc) is 3.55. The predicted molar refractivity (Wildman–Crippen MR) is 185 cm³/mol. The number of pyridine rings is 1. The van der Waals surface area contributed by atoms with Crippen molar-refractivity contribution in [2.45, 2.75) is 51.2 Å². The minimum Gasteiger partial charge on any atom is -0.478 e. The van der Waals surface area contributed by atoms with Crippen LogP contribution in [0.3, 0.4) is 0 Å². The number of carbonyl (C=O) groups is 1. The summed E-state index contributed by atoms with van der Waals surface area (Å²) in [6.45, 7) is 8.54. The van der Waals surface area contributed by atoms with E-state index in [4.69, 9.17) is 23.2 Å². The maximum atomic E-state index is 13.9. The van der Waals surface area contributed by atoms with Crippen LogP contribution in [0.1, 0.15) is 72.9 Å². The van der Waals surface area contributed by atoms with E-state index in [0.29, 0.717) is 44.2 Å². The Hall–Kier alpha value is -4.76. The molecule has 13 heteroatoms. The van der Waals surface area contributed by atoms with Gasteiger partial charge < -0.3 is 15.7 Å². The summed E-state index contributed by atoms with van der Waals surface area (Å²) in [6.07, 6.45) is 5.18. The van der Waals surface area contributed by atoms with E-state index in [1.807, 2.05) is 16.9 Å². The summed E-state index contributed by atoms with van der Waals surface area (Å²) in [4.78, 5) is 18.8. The number of piperidine rings is 1. The number of nitrogens with zero attached hydrogens (tertiary/aromatic N) is 6. The Kier molecular flexibility index (Phi) is 9.25. The molecule has 0 saturated carbocycles. The number of aromatic carboxylic acids is 1. The first-order valence-corrected chi connectivity index (χ1v) is 16.2. The third kappa shape index (κ3) is 6.92. The van der Waals surface area contributed by atoms with Crippen LogP contribution in [0.25, 0.3) is 10.9 Å². The van der Waals surface area contributed by atoms with Crippen molar-refractivity contribution in [2.24, 2.45) is 0 Å². The zero-order chi connectivity index (χ0) is 34.2. The van der Waals surface area contributed by atoms with Gasteiger partial charge in [-0.3, -0.25) is 9.88 Å². The van der Waals surface area contributed by atoms with E-state index in [-0.39, 0.29) is 27.7 Å². The molecule has 0 unspecified atom stereocenters. The Morgan fingerprint density at radius 3 is 2.52 bits per heavy atom. The highest BCUT2D eigenvalue weighted by Gasteiger charge is 2.29. The molecule has 1 atom stereocenters. The van der Waals surface area contributed by atoms with Gasteiger partial charge in [-0.25, -0.2) is 13.9 Å². The Morgan fingerprint density at radius 2 is 1.83 bits per heavy atom. The van der Waals surface area contributed by atoms with Crippen molar-refractivity contribution in [3.05, 3.63) is 105 Å². The van der Waals surface area contributed by atoms with Crippen molar-refractivity contribution in [1.82, 2.24) is 24.9 Å². The van der Waals surface area contributed by atoms with Gasteiger partial charge in [0.15, 0.2) is 0 Å². The highest BCUT2D eigenvalue weighted by Crippen LogP contribution is 2.37. The van der Waals surface area contributed by atoms with Crippen LogP contribution in [0.15, 0.2) is 67.0 Å². The topological polar surface area (TPSA) is 132 Å². The van der Waals surface area contributed by atoms with Gasteiger partial charge in [-0.05, 0) is 81.6 Å². The largest absolute Gasteiger partial charge is 0.478 e. The highest BCUT2D eigenvalue weighted by molar-refractivity contribution is 6.36. The van der Waals surface area contributed by atoms with Crippen molar-refractivity contribution in [2.75, 3.05) is 23.7 Å². The number of halogens is 3. The number of anilines is 3. The Labute approximate surface area is 287 Å². The van der Waals surface area contributed by atoms with Crippen LogP contribution in [-0.4, -0.2) is 54.6 Å². The Balaban J connectivity index is 1.39. The van der Waals surface area contributed by atoms with Crippen LogP contribution in [0, 0.1) is 17.1 Å². The summed E-state index contributed by atoms with van der Waals surface area (Å²) >= 11 is 12.8. The lowest BCUT2D eigenvalue weighted by Gasteiger charge is -2.40. The predicted octanol–water partition coefficient (Wildman–Crippen LogP) is 8.22. The number of benzene rings is 3. The maximum Gasteiger partial charge on any atom is 0.335 e. The Bertz CT molecular complexity index is 2050. The van der Waals surface area contributed by atoms with Crippen LogP contribution in [0.2, 0.25) is 10.0 Å². The van der Waals surface area contributed by atoms with Gasteiger partial charge >= 0.3 is 5.97 Å². The van der Waals surface area contributed by atoms with Crippen LogP contribution < -0.4 is 10.6 Å². The number of nitrogens with one attached hydrogen (secondary N) is 2. The fourth-order valence-corrected chi connectivity index (χ4v) is 6.48. The molecular formula is C35H33Cl2FN8O2. The normalized spacial score (nSPS) is 14.9. The van der Waals surface area contributed by atoms with E-state index in [0.717, 1.165) is 25.9 Å². The fourth-order valence-electron chi connectivity index (χ4n) is 6.03. The van der Waals surface area contributed by atoms with Crippen molar-refractivity contribution in [3.8, 4) is 6.07 Å². The zero-order valence-electron chi connectivity index (χ0n) is 26.5. The fraction of sp³-hybridized carbons (Fsp3) is 0.286. The van der Waals surface area contributed by atoms with E-state index in [2.05, 4.69) is 57.7 Å². The lowest BCUT2D eigenvalue weighted by atomic mass is 9.98. The van der Waals surface area contributed by atoms with E-state index in [1.165, 1.54) is 30.5 Å². The SMILES string of the molecule is CC(C)(C)N1CCC(n2cc([C@@H](Nc3cc(Cl)c4ncc(C#N)c(Nc5ccc(F)c(Cl)c5)c4c3)c3cccc(C(=O)O)c3)nn2)CC1. The monoisotopic (exact) mass is 686 g/mol. The third-order valence-electron chi connectivity index (χ3n) is 8.62. The lowest BCUT2D eigenvalue weighted by Crippen LogP contribution is -2.46. The number of nitriles is 1. The number of hydrogen-bond acceptors (Lipinski definition) is 8. The first kappa shape index (κ1) is 33.2. The standard InChI is InChI=1S/C35H33Cl2FN8O2/c1-35(2,3)45-11-9-25(10-12-45)46-19-30(43-44-46)32(20-5-4-6-21(13-20)34(47)48)42-24-14-26-31(41-23-7-8-29(38)27(36)15-23)22(17-39)18-40-33(26)28(37)16-24/h4-8,13-16,18-19,25,32,42H,9-12H2,1-3H3,(H,40,41)(H,47,48)/t32-/m0/s1. The molecule has 6 rings (SSSR count). The molecule has 3 heterocycles. The molecule has 1 aliphatic rings. The first-order chi connectivity index (χ1) is 22.9. The van der Waals surface area contributed by atoms with Crippen LogP contribution in [0.5, 0.6) is 0 Å². The molecule has 246 valence electrons. The van der Waals surface area contributed by atoms with Crippen molar-refractivity contribution < 1.29 is 14.3 Å². The molecule has 0 aliphatic carbocycles. The molecule has 0 spiro atoms. The number of carboxylic acid groups (broad SMARTS) is 1. The molecule has 48 heavy (non-hydrogen) atoms. The Morgan fingerprint density at radius 1 is 1.08 bits per heavy atom. The summed E-state index contributed by atoms with van der Waals surface area (Å²) in [6, 6.07) is 16.0. The summed E-state index contributed by atoms with van der Waals surface area (Å²) in [7, 11) is 0. The zero-order valence-corrected chi connectivity index (χ0v) is 28.0.